The Kier molecular flexibility index (Phi) is 25.3. The number of fused-ring (bicyclic) bond motifs is 1. The second-order valence-corrected chi connectivity index (χ2v) is 14.2. The Morgan fingerprint density at radius 2 is 0.907 bits per heavy atom. The quantitative estimate of drug-likeness (QED) is 0.0557. The van der Waals surface area contributed by atoms with Gasteiger partial charge in [-0.1, -0.05) is 173 Å². The van der Waals surface area contributed by atoms with Crippen LogP contribution >= 0.6 is 0 Å². The van der Waals surface area contributed by atoms with Gasteiger partial charge in [0.2, 0.25) is 0 Å². The predicted molar refractivity (Wildman–Crippen MR) is 181 cm³/mol. The topological polar surface area (TPSA) is 57.2 Å². The molecule has 2 aromatic carbocycles. The molecule has 0 N–H and O–H groups in total. The van der Waals surface area contributed by atoms with E-state index < -0.39 is 10.1 Å². The fourth-order valence-electron chi connectivity index (χ4n) is 6.32. The van der Waals surface area contributed by atoms with Crippen molar-refractivity contribution in [2.24, 2.45) is 0 Å². The van der Waals surface area contributed by atoms with Crippen molar-refractivity contribution in [3.8, 4) is 0 Å². The van der Waals surface area contributed by atoms with Crippen LogP contribution in [0.25, 0.3) is 10.8 Å². The molecule has 5 heteroatoms. The van der Waals surface area contributed by atoms with E-state index in [2.05, 4.69) is 26.0 Å². The Morgan fingerprint density at radius 1 is 0.512 bits per heavy atom. The van der Waals surface area contributed by atoms with E-state index in [1.54, 1.807) is 6.07 Å². The molecule has 0 fully saturated rings. The van der Waals surface area contributed by atoms with Gasteiger partial charge in [0.25, 0.3) is 0 Å². The van der Waals surface area contributed by atoms with Crippen LogP contribution in [0, 0.1) is 0 Å². The van der Waals surface area contributed by atoms with Crippen LogP contribution in [0.3, 0.4) is 0 Å². The van der Waals surface area contributed by atoms with E-state index in [9.17, 15) is 13.0 Å². The summed E-state index contributed by atoms with van der Waals surface area (Å²) >= 11 is 0. The van der Waals surface area contributed by atoms with Crippen molar-refractivity contribution < 1.29 is 64.4 Å². The fraction of sp³-hybridized carbons (Fsp3) is 0.737. The average Bonchev–Trinajstić information content (AvgIpc) is 2.97. The number of aryl methyl sites for hydroxylation is 2. The van der Waals surface area contributed by atoms with Crippen LogP contribution < -0.4 is 51.4 Å². The smallest absolute Gasteiger partial charge is 0.744 e. The summed E-state index contributed by atoms with van der Waals surface area (Å²) < 4.78 is 35.1. The van der Waals surface area contributed by atoms with Crippen LogP contribution in [0.1, 0.15) is 179 Å². The van der Waals surface area contributed by atoms with E-state index in [0.717, 1.165) is 30.0 Å². The molecule has 0 aliphatic heterocycles. The van der Waals surface area contributed by atoms with Gasteiger partial charge in [0.15, 0.2) is 0 Å². The van der Waals surface area contributed by atoms with Gasteiger partial charge in [-0.25, -0.2) is 8.42 Å². The van der Waals surface area contributed by atoms with Crippen molar-refractivity contribution in [3.63, 3.8) is 0 Å². The molecule has 0 saturated heterocycles. The van der Waals surface area contributed by atoms with Gasteiger partial charge in [-0.05, 0) is 59.7 Å². The van der Waals surface area contributed by atoms with Crippen molar-refractivity contribution in [1.82, 2.24) is 0 Å². The minimum Gasteiger partial charge on any atom is -0.744 e. The van der Waals surface area contributed by atoms with E-state index in [0.29, 0.717) is 0 Å². The SMILES string of the molecule is CCCCCCCCCCCCCCc1cc(CCCCCCCCCCCCCC)c2cc(S(=O)(=O)[O-])ccc2c1.[K+]. The van der Waals surface area contributed by atoms with Crippen LogP contribution in [0.15, 0.2) is 35.2 Å². The van der Waals surface area contributed by atoms with Gasteiger partial charge >= 0.3 is 51.4 Å². The van der Waals surface area contributed by atoms with Crippen molar-refractivity contribution in [3.05, 3.63) is 41.5 Å². The van der Waals surface area contributed by atoms with Gasteiger partial charge in [0.05, 0.1) is 4.90 Å². The van der Waals surface area contributed by atoms with E-state index in [1.807, 2.05) is 6.07 Å². The van der Waals surface area contributed by atoms with Crippen molar-refractivity contribution in [1.29, 1.82) is 0 Å². The monoisotopic (exact) mass is 638 g/mol. The summed E-state index contributed by atoms with van der Waals surface area (Å²) in [5.74, 6) is 0. The minimum atomic E-state index is -4.45. The normalized spacial score (nSPS) is 11.7. The number of hydrogen-bond donors (Lipinski definition) is 0. The van der Waals surface area contributed by atoms with Crippen molar-refractivity contribution >= 4 is 20.9 Å². The number of benzene rings is 2. The largest absolute Gasteiger partial charge is 1.00 e. The summed E-state index contributed by atoms with van der Waals surface area (Å²) in [6.45, 7) is 4.55. The number of hydrogen-bond acceptors (Lipinski definition) is 3. The maximum absolute atomic E-state index is 11.7. The molecule has 0 aliphatic carbocycles. The Morgan fingerprint density at radius 3 is 1.33 bits per heavy atom. The molecule has 3 nitrogen and oxygen atoms in total. The molecule has 0 spiro atoms. The fourth-order valence-corrected chi connectivity index (χ4v) is 6.81. The standard InChI is InChI=1S/C38H64O3S.K/c1-3-5-7-9-11-13-15-17-19-21-23-25-27-34-31-35(38-33-37(42(39,40)41)30-29-36(38)32-34)28-26-24-22-20-18-16-14-12-10-8-6-4-2;/h29-33H,3-28H2,1-2H3,(H,39,40,41);/q;+1/p-1. The van der Waals surface area contributed by atoms with Crippen LogP contribution in [-0.2, 0) is 23.0 Å². The van der Waals surface area contributed by atoms with Gasteiger partial charge in [-0.3, -0.25) is 0 Å². The van der Waals surface area contributed by atoms with Gasteiger partial charge in [-0.2, -0.15) is 0 Å². The number of rotatable bonds is 27. The zero-order chi connectivity index (χ0) is 30.3. The molecule has 0 saturated carbocycles. The molecule has 0 heterocycles. The second kappa shape index (κ2) is 26.3. The summed E-state index contributed by atoms with van der Waals surface area (Å²) in [5.41, 5.74) is 2.56. The first-order chi connectivity index (χ1) is 20.5. The summed E-state index contributed by atoms with van der Waals surface area (Å²) in [6, 6.07) is 9.42. The van der Waals surface area contributed by atoms with E-state index in [4.69, 9.17) is 0 Å². The molecule has 0 aromatic heterocycles. The van der Waals surface area contributed by atoms with E-state index in [1.165, 1.54) is 165 Å². The summed E-state index contributed by atoms with van der Waals surface area (Å²) in [7, 11) is -4.45. The van der Waals surface area contributed by atoms with Gasteiger partial charge in [-0.15, -0.1) is 0 Å². The van der Waals surface area contributed by atoms with Gasteiger partial charge in [0, 0.05) is 0 Å². The molecule has 2 aromatic rings. The molecule has 0 radical (unpaired) electrons. The summed E-state index contributed by atoms with van der Waals surface area (Å²) in [4.78, 5) is -0.111. The van der Waals surface area contributed by atoms with Crippen molar-refractivity contribution in [2.45, 2.75) is 186 Å². The molecule has 0 bridgehead atoms. The van der Waals surface area contributed by atoms with Gasteiger partial charge in [0.1, 0.15) is 10.1 Å². The third-order valence-corrected chi connectivity index (χ3v) is 9.81. The Labute approximate surface area is 309 Å². The molecule has 0 aliphatic rings. The molecular weight excluding hydrogens is 576 g/mol. The third kappa shape index (κ3) is 19.5. The predicted octanol–water partition coefficient (Wildman–Crippen LogP) is 9.24. The van der Waals surface area contributed by atoms with Crippen LogP contribution in [-0.4, -0.2) is 13.0 Å². The molecule has 2 rings (SSSR count). The molecule has 240 valence electrons. The molecule has 0 amide bonds. The van der Waals surface area contributed by atoms with Crippen molar-refractivity contribution in [2.75, 3.05) is 0 Å². The Balaban J connectivity index is 0.00000924. The van der Waals surface area contributed by atoms with E-state index >= 15 is 0 Å². The van der Waals surface area contributed by atoms with E-state index in [-0.39, 0.29) is 56.3 Å². The van der Waals surface area contributed by atoms with Crippen LogP contribution in [0.2, 0.25) is 0 Å². The zero-order valence-electron chi connectivity index (χ0n) is 28.4. The summed E-state index contributed by atoms with van der Waals surface area (Å²) in [5, 5.41) is 2.00. The van der Waals surface area contributed by atoms with Crippen LogP contribution in [0.5, 0.6) is 0 Å². The zero-order valence-corrected chi connectivity index (χ0v) is 32.3. The maximum Gasteiger partial charge on any atom is 1.00 e. The molecule has 0 unspecified atom stereocenters. The molecule has 43 heavy (non-hydrogen) atoms. The average molecular weight is 639 g/mol. The Bertz CT molecular complexity index is 1070. The first-order valence-electron chi connectivity index (χ1n) is 18.0. The number of unbranched alkanes of at least 4 members (excludes halogenated alkanes) is 22. The molecule has 0 atom stereocenters. The maximum atomic E-state index is 11.7. The second-order valence-electron chi connectivity index (χ2n) is 12.9. The first-order valence-corrected chi connectivity index (χ1v) is 19.4. The Hall–Kier alpha value is 0.246. The van der Waals surface area contributed by atoms with Crippen LogP contribution in [0.4, 0.5) is 0 Å². The van der Waals surface area contributed by atoms with Gasteiger partial charge < -0.3 is 4.55 Å². The first kappa shape index (κ1) is 41.3. The minimum absolute atomic E-state index is 0. The third-order valence-electron chi connectivity index (χ3n) is 8.98. The molecular formula is C38H63KO3S. The summed E-state index contributed by atoms with van der Waals surface area (Å²) in [6.07, 6.45) is 34.2.